The third-order valence-corrected chi connectivity index (χ3v) is 3.85. The average Bonchev–Trinajstić information content (AvgIpc) is 3.23. The van der Waals surface area contributed by atoms with Crippen LogP contribution < -0.4 is 5.32 Å². The maximum atomic E-state index is 12.0. The van der Waals surface area contributed by atoms with Gasteiger partial charge in [-0.25, -0.2) is 4.79 Å². The van der Waals surface area contributed by atoms with Gasteiger partial charge in [-0.15, -0.1) is 0 Å². The number of ether oxygens (including phenoxy) is 2. The number of hydrogen-bond acceptors (Lipinski definition) is 4. The third-order valence-electron chi connectivity index (χ3n) is 3.85. The minimum atomic E-state index is -0.737. The number of rotatable bonds is 7. The van der Waals surface area contributed by atoms with E-state index in [1.54, 1.807) is 0 Å². The summed E-state index contributed by atoms with van der Waals surface area (Å²) in [4.78, 5) is 12.0. The lowest BCUT2D eigenvalue weighted by Gasteiger charge is -2.27. The fourth-order valence-electron chi connectivity index (χ4n) is 2.40. The molecule has 1 aromatic carbocycles. The summed E-state index contributed by atoms with van der Waals surface area (Å²) in [6, 6.07) is 9.12. The molecule has 1 heterocycles. The van der Waals surface area contributed by atoms with Crippen molar-refractivity contribution in [1.82, 2.24) is 5.32 Å². The first-order valence-electron chi connectivity index (χ1n) is 7.70. The van der Waals surface area contributed by atoms with Gasteiger partial charge in [-0.2, -0.15) is 0 Å². The van der Waals surface area contributed by atoms with E-state index in [1.165, 1.54) is 0 Å². The molecule has 0 saturated carbocycles. The Kier molecular flexibility index (Phi) is 5.42. The summed E-state index contributed by atoms with van der Waals surface area (Å²) < 4.78 is 10.5. The van der Waals surface area contributed by atoms with Crippen molar-refractivity contribution in [3.8, 4) is 0 Å². The molecule has 0 aromatic heterocycles. The molecule has 22 heavy (non-hydrogen) atoms. The molecule has 1 saturated heterocycles. The van der Waals surface area contributed by atoms with Gasteiger partial charge in [0.25, 0.3) is 0 Å². The topological polar surface area (TPSA) is 71.1 Å². The van der Waals surface area contributed by atoms with Crippen molar-refractivity contribution in [2.75, 3.05) is 6.61 Å². The molecule has 1 amide bonds. The minimum Gasteiger partial charge on any atom is -0.445 e. The van der Waals surface area contributed by atoms with Crippen molar-refractivity contribution in [3.63, 3.8) is 0 Å². The second kappa shape index (κ2) is 7.11. The zero-order valence-electron chi connectivity index (χ0n) is 13.4. The highest BCUT2D eigenvalue weighted by molar-refractivity contribution is 5.67. The maximum Gasteiger partial charge on any atom is 0.407 e. The van der Waals surface area contributed by atoms with E-state index in [0.29, 0.717) is 18.9 Å². The number of epoxide rings is 1. The van der Waals surface area contributed by atoms with Crippen molar-refractivity contribution >= 4 is 6.09 Å². The molecular formula is C17H25NO4. The van der Waals surface area contributed by atoms with Gasteiger partial charge in [-0.3, -0.25) is 0 Å². The highest BCUT2D eigenvalue weighted by Crippen LogP contribution is 2.33. The Morgan fingerprint density at radius 1 is 1.41 bits per heavy atom. The van der Waals surface area contributed by atoms with Crippen molar-refractivity contribution in [1.29, 1.82) is 0 Å². The summed E-state index contributed by atoms with van der Waals surface area (Å²) in [5, 5.41) is 13.2. The molecule has 2 N–H and O–H groups in total. The zero-order chi connectivity index (χ0) is 16.2. The van der Waals surface area contributed by atoms with E-state index in [1.807, 2.05) is 51.1 Å². The predicted octanol–water partition coefficient (Wildman–Crippen LogP) is 2.48. The molecule has 0 unspecified atom stereocenters. The van der Waals surface area contributed by atoms with E-state index < -0.39 is 17.8 Å². The Bertz CT molecular complexity index is 485. The number of carbonyl (C=O) groups is 1. The van der Waals surface area contributed by atoms with E-state index in [0.717, 1.165) is 5.56 Å². The van der Waals surface area contributed by atoms with Crippen LogP contribution in [0.2, 0.25) is 0 Å². The molecule has 3 atom stereocenters. The number of aliphatic hydroxyl groups is 1. The van der Waals surface area contributed by atoms with Crippen LogP contribution in [0.5, 0.6) is 0 Å². The lowest BCUT2D eigenvalue weighted by atomic mass is 9.92. The van der Waals surface area contributed by atoms with Crippen LogP contribution in [0.15, 0.2) is 30.3 Å². The van der Waals surface area contributed by atoms with Crippen LogP contribution in [0.1, 0.15) is 32.8 Å². The Morgan fingerprint density at radius 2 is 2.05 bits per heavy atom. The van der Waals surface area contributed by atoms with Crippen molar-refractivity contribution < 1.29 is 19.4 Å². The first-order valence-corrected chi connectivity index (χ1v) is 7.70. The predicted molar refractivity (Wildman–Crippen MR) is 83.4 cm³/mol. The Morgan fingerprint density at radius 3 is 2.59 bits per heavy atom. The number of nitrogens with one attached hydrogen (secondary N) is 1. The van der Waals surface area contributed by atoms with Crippen LogP contribution in [0.4, 0.5) is 4.79 Å². The molecule has 122 valence electrons. The normalized spacial score (nSPS) is 23.0. The molecule has 5 nitrogen and oxygen atoms in total. The number of amides is 1. The van der Waals surface area contributed by atoms with Crippen LogP contribution in [-0.2, 0) is 16.1 Å². The molecular weight excluding hydrogens is 282 g/mol. The molecule has 0 spiro atoms. The zero-order valence-corrected chi connectivity index (χ0v) is 13.4. The van der Waals surface area contributed by atoms with E-state index >= 15 is 0 Å². The van der Waals surface area contributed by atoms with Gasteiger partial charge in [0.2, 0.25) is 0 Å². The van der Waals surface area contributed by atoms with Crippen LogP contribution in [0, 0.1) is 5.92 Å². The number of aliphatic hydroxyl groups excluding tert-OH is 1. The second-order valence-corrected chi connectivity index (χ2v) is 6.49. The van der Waals surface area contributed by atoms with Gasteiger partial charge in [0.1, 0.15) is 18.3 Å². The van der Waals surface area contributed by atoms with Gasteiger partial charge >= 0.3 is 6.09 Å². The van der Waals surface area contributed by atoms with Crippen LogP contribution in [-0.4, -0.2) is 35.6 Å². The number of carbonyl (C=O) groups excluding carboxylic acids is 1. The van der Waals surface area contributed by atoms with Gasteiger partial charge in [-0.05, 0) is 24.8 Å². The molecule has 0 aliphatic carbocycles. The molecule has 0 bridgehead atoms. The number of benzene rings is 1. The van der Waals surface area contributed by atoms with E-state index in [2.05, 4.69) is 5.32 Å². The maximum absolute atomic E-state index is 12.0. The third kappa shape index (κ3) is 4.71. The lowest BCUT2D eigenvalue weighted by molar-refractivity contribution is 0.0406. The summed E-state index contributed by atoms with van der Waals surface area (Å²) in [6.07, 6.45) is -0.586. The highest BCUT2D eigenvalue weighted by Gasteiger charge is 2.50. The summed E-state index contributed by atoms with van der Waals surface area (Å²) in [7, 11) is 0. The van der Waals surface area contributed by atoms with Crippen molar-refractivity contribution in [2.24, 2.45) is 5.92 Å². The van der Waals surface area contributed by atoms with Gasteiger partial charge in [0, 0.05) is 0 Å². The Labute approximate surface area is 131 Å². The molecule has 0 radical (unpaired) electrons. The molecule has 1 aliphatic heterocycles. The largest absolute Gasteiger partial charge is 0.445 e. The van der Waals surface area contributed by atoms with E-state index in [4.69, 9.17) is 9.47 Å². The summed E-state index contributed by atoms with van der Waals surface area (Å²) >= 11 is 0. The number of hydrogen-bond donors (Lipinski definition) is 2. The monoisotopic (exact) mass is 307 g/mol. The highest BCUT2D eigenvalue weighted by atomic mass is 16.6. The Hall–Kier alpha value is -1.59. The van der Waals surface area contributed by atoms with Gasteiger partial charge in [0.05, 0.1) is 12.6 Å². The van der Waals surface area contributed by atoms with E-state index in [-0.39, 0.29) is 12.6 Å². The van der Waals surface area contributed by atoms with Gasteiger partial charge < -0.3 is 19.9 Å². The van der Waals surface area contributed by atoms with Gasteiger partial charge in [-0.1, -0.05) is 44.2 Å². The fraction of sp³-hybridized carbons (Fsp3) is 0.588. The minimum absolute atomic E-state index is 0.213. The smallest absolute Gasteiger partial charge is 0.407 e. The molecule has 5 heteroatoms. The average molecular weight is 307 g/mol. The quantitative estimate of drug-likeness (QED) is 0.759. The van der Waals surface area contributed by atoms with Crippen LogP contribution in [0.3, 0.4) is 0 Å². The summed E-state index contributed by atoms with van der Waals surface area (Å²) in [5.41, 5.74) is 0.378. The molecule has 2 rings (SSSR count). The number of alkyl carbamates (subject to hydrolysis) is 1. The fourth-order valence-corrected chi connectivity index (χ4v) is 2.40. The molecule has 1 fully saturated rings. The summed E-state index contributed by atoms with van der Waals surface area (Å²) in [6.45, 7) is 6.68. The van der Waals surface area contributed by atoms with Gasteiger partial charge in [0.15, 0.2) is 0 Å². The first-order chi connectivity index (χ1) is 10.4. The second-order valence-electron chi connectivity index (χ2n) is 6.49. The van der Waals surface area contributed by atoms with Crippen molar-refractivity contribution in [3.05, 3.63) is 35.9 Å². The van der Waals surface area contributed by atoms with Crippen LogP contribution in [0.25, 0.3) is 0 Å². The van der Waals surface area contributed by atoms with E-state index in [9.17, 15) is 9.90 Å². The SMILES string of the molecule is CC(C)C[C@H](NC(=O)OCc1ccccc1)[C@H](O)[C@@]1(C)CO1. The molecule has 1 aromatic rings. The van der Waals surface area contributed by atoms with Crippen molar-refractivity contribution in [2.45, 2.75) is 51.5 Å². The first kappa shape index (κ1) is 16.8. The van der Waals surface area contributed by atoms with Crippen LogP contribution >= 0.6 is 0 Å². The standard InChI is InChI=1S/C17H25NO4/c1-12(2)9-14(15(19)17(3)11-22-17)18-16(20)21-10-13-7-5-4-6-8-13/h4-8,12,14-15,19H,9-11H2,1-3H3,(H,18,20)/t14-,15-,17+/m0/s1. The summed E-state index contributed by atoms with van der Waals surface area (Å²) in [5.74, 6) is 0.344. The molecule has 1 aliphatic rings. The Balaban J connectivity index is 1.87. The lowest BCUT2D eigenvalue weighted by Crippen LogP contribution is -2.50.